The molecular weight excluding hydrogens is 282 g/mol. The zero-order valence-corrected chi connectivity index (χ0v) is 12.4. The van der Waals surface area contributed by atoms with Gasteiger partial charge in [-0.15, -0.1) is 23.1 Å². The molecule has 4 nitrogen and oxygen atoms in total. The molecule has 0 saturated heterocycles. The summed E-state index contributed by atoms with van der Waals surface area (Å²) in [6.07, 6.45) is 2.23. The standard InChI is InChI=1S/C13H17NO3S2/c1-13(12(16)17)6-2-4-9(13)14-10(15)8-19-11-5-3-7-18-11/h3,5,7,9H,2,4,6,8H2,1H3,(H,14,15)(H,16,17). The number of carboxylic acids is 1. The molecule has 0 bridgehead atoms. The Hall–Kier alpha value is -1.01. The Bertz CT molecular complexity index is 460. The molecule has 1 fully saturated rings. The van der Waals surface area contributed by atoms with Gasteiger partial charge in [0.1, 0.15) is 0 Å². The number of carboxylic acid groups (broad SMARTS) is 1. The highest BCUT2D eigenvalue weighted by atomic mass is 32.2. The first kappa shape index (κ1) is 14.4. The van der Waals surface area contributed by atoms with Crippen molar-refractivity contribution in [3.63, 3.8) is 0 Å². The fourth-order valence-electron chi connectivity index (χ4n) is 2.37. The number of carbonyl (C=O) groups excluding carboxylic acids is 1. The smallest absolute Gasteiger partial charge is 0.311 e. The third kappa shape index (κ3) is 3.30. The molecule has 1 amide bonds. The van der Waals surface area contributed by atoms with Gasteiger partial charge < -0.3 is 10.4 Å². The molecule has 2 atom stereocenters. The van der Waals surface area contributed by atoms with E-state index in [1.54, 1.807) is 18.3 Å². The van der Waals surface area contributed by atoms with E-state index in [9.17, 15) is 14.7 Å². The van der Waals surface area contributed by atoms with Gasteiger partial charge in [-0.3, -0.25) is 9.59 Å². The SMILES string of the molecule is CC1(C(=O)O)CCCC1NC(=O)CSc1cccs1. The average Bonchev–Trinajstić information content (AvgIpc) is 2.98. The largest absolute Gasteiger partial charge is 0.481 e. The predicted octanol–water partition coefficient (Wildman–Crippen LogP) is 2.60. The zero-order chi connectivity index (χ0) is 13.9. The Balaban J connectivity index is 1.86. The molecule has 0 spiro atoms. The molecule has 0 aromatic carbocycles. The molecule has 19 heavy (non-hydrogen) atoms. The van der Waals surface area contributed by atoms with Crippen molar-refractivity contribution < 1.29 is 14.7 Å². The van der Waals surface area contributed by atoms with Crippen molar-refractivity contribution in [2.24, 2.45) is 5.41 Å². The third-order valence-electron chi connectivity index (χ3n) is 3.62. The minimum atomic E-state index is -0.818. The fraction of sp³-hybridized carbons (Fsp3) is 0.538. The number of nitrogens with one attached hydrogen (secondary N) is 1. The molecule has 1 aliphatic rings. The number of carbonyl (C=O) groups is 2. The van der Waals surface area contributed by atoms with Gasteiger partial charge in [0.2, 0.25) is 5.91 Å². The van der Waals surface area contributed by atoms with E-state index in [0.29, 0.717) is 12.2 Å². The number of thioether (sulfide) groups is 1. The van der Waals surface area contributed by atoms with Crippen LogP contribution in [0.15, 0.2) is 21.7 Å². The highest BCUT2D eigenvalue weighted by Crippen LogP contribution is 2.38. The summed E-state index contributed by atoms with van der Waals surface area (Å²) in [6.45, 7) is 1.72. The maximum Gasteiger partial charge on any atom is 0.311 e. The van der Waals surface area contributed by atoms with Gasteiger partial charge in [-0.1, -0.05) is 12.5 Å². The van der Waals surface area contributed by atoms with Crippen LogP contribution in [0.25, 0.3) is 0 Å². The fourth-order valence-corrected chi connectivity index (χ4v) is 3.97. The topological polar surface area (TPSA) is 66.4 Å². The van der Waals surface area contributed by atoms with Crippen molar-refractivity contribution >= 4 is 35.0 Å². The van der Waals surface area contributed by atoms with Crippen LogP contribution in [0.1, 0.15) is 26.2 Å². The highest BCUT2D eigenvalue weighted by Gasteiger charge is 2.45. The monoisotopic (exact) mass is 299 g/mol. The minimum absolute atomic E-state index is 0.0854. The van der Waals surface area contributed by atoms with E-state index in [1.807, 2.05) is 17.5 Å². The van der Waals surface area contributed by atoms with Crippen molar-refractivity contribution in [2.75, 3.05) is 5.75 Å². The zero-order valence-electron chi connectivity index (χ0n) is 10.7. The minimum Gasteiger partial charge on any atom is -0.481 e. The molecule has 1 aromatic heterocycles. The van der Waals surface area contributed by atoms with Gasteiger partial charge in [0.25, 0.3) is 0 Å². The van der Waals surface area contributed by atoms with Gasteiger partial charge in [-0.05, 0) is 31.2 Å². The summed E-state index contributed by atoms with van der Waals surface area (Å²) in [5.41, 5.74) is -0.816. The summed E-state index contributed by atoms with van der Waals surface area (Å²) in [7, 11) is 0. The highest BCUT2D eigenvalue weighted by molar-refractivity contribution is 8.01. The number of thiophene rings is 1. The Labute approximate surface area is 120 Å². The Morgan fingerprint density at radius 1 is 1.63 bits per heavy atom. The summed E-state index contributed by atoms with van der Waals surface area (Å²) in [4.78, 5) is 23.2. The summed E-state index contributed by atoms with van der Waals surface area (Å²) in [5.74, 6) is -0.564. The predicted molar refractivity (Wildman–Crippen MR) is 76.6 cm³/mol. The maximum atomic E-state index is 11.9. The molecule has 2 rings (SSSR count). The van der Waals surface area contributed by atoms with E-state index in [-0.39, 0.29) is 11.9 Å². The number of amides is 1. The Morgan fingerprint density at radius 3 is 3.05 bits per heavy atom. The van der Waals surface area contributed by atoms with Gasteiger partial charge in [-0.25, -0.2) is 0 Å². The Kier molecular flexibility index (Phi) is 4.52. The second kappa shape index (κ2) is 5.96. The van der Waals surface area contributed by atoms with Crippen LogP contribution < -0.4 is 5.32 Å². The van der Waals surface area contributed by atoms with Crippen molar-refractivity contribution in [1.82, 2.24) is 5.32 Å². The maximum absolute atomic E-state index is 11.9. The molecule has 6 heteroatoms. The van der Waals surface area contributed by atoms with E-state index >= 15 is 0 Å². The first-order valence-electron chi connectivity index (χ1n) is 6.21. The van der Waals surface area contributed by atoms with Crippen molar-refractivity contribution in [2.45, 2.75) is 36.4 Å². The van der Waals surface area contributed by atoms with Gasteiger partial charge in [0, 0.05) is 6.04 Å². The first-order chi connectivity index (χ1) is 9.02. The number of hydrogen-bond donors (Lipinski definition) is 2. The second-order valence-electron chi connectivity index (χ2n) is 4.96. The van der Waals surface area contributed by atoms with Crippen LogP contribution in [-0.4, -0.2) is 28.8 Å². The van der Waals surface area contributed by atoms with Gasteiger partial charge in [-0.2, -0.15) is 0 Å². The van der Waals surface area contributed by atoms with Crippen LogP contribution in [0, 0.1) is 5.41 Å². The van der Waals surface area contributed by atoms with Crippen molar-refractivity contribution in [1.29, 1.82) is 0 Å². The van der Waals surface area contributed by atoms with Crippen LogP contribution in [0.4, 0.5) is 0 Å². The molecule has 2 unspecified atom stereocenters. The van der Waals surface area contributed by atoms with Gasteiger partial charge >= 0.3 is 5.97 Å². The van der Waals surface area contributed by atoms with Crippen molar-refractivity contribution in [3.05, 3.63) is 17.5 Å². The normalized spacial score (nSPS) is 26.3. The molecule has 1 aromatic rings. The Morgan fingerprint density at radius 2 is 2.42 bits per heavy atom. The van der Waals surface area contributed by atoms with E-state index < -0.39 is 11.4 Å². The quantitative estimate of drug-likeness (QED) is 0.820. The molecule has 0 aliphatic heterocycles. The van der Waals surface area contributed by atoms with E-state index in [2.05, 4.69) is 5.32 Å². The summed E-state index contributed by atoms with van der Waals surface area (Å²) < 4.78 is 1.10. The molecule has 1 heterocycles. The molecule has 104 valence electrons. The van der Waals surface area contributed by atoms with Crippen LogP contribution in [0.5, 0.6) is 0 Å². The summed E-state index contributed by atoms with van der Waals surface area (Å²) >= 11 is 3.09. The second-order valence-corrected chi connectivity index (χ2v) is 7.18. The van der Waals surface area contributed by atoms with E-state index in [4.69, 9.17) is 0 Å². The van der Waals surface area contributed by atoms with E-state index in [1.165, 1.54) is 11.8 Å². The third-order valence-corrected chi connectivity index (χ3v) is 5.75. The molecule has 1 aliphatic carbocycles. The molecule has 0 radical (unpaired) electrons. The first-order valence-corrected chi connectivity index (χ1v) is 8.08. The summed E-state index contributed by atoms with van der Waals surface area (Å²) in [5, 5.41) is 14.1. The van der Waals surface area contributed by atoms with Crippen molar-refractivity contribution in [3.8, 4) is 0 Å². The molecule has 1 saturated carbocycles. The lowest BCUT2D eigenvalue weighted by Gasteiger charge is -2.27. The van der Waals surface area contributed by atoms with Gasteiger partial charge in [0.15, 0.2) is 0 Å². The lowest BCUT2D eigenvalue weighted by atomic mass is 9.85. The number of rotatable bonds is 5. The van der Waals surface area contributed by atoms with Crippen LogP contribution in [-0.2, 0) is 9.59 Å². The van der Waals surface area contributed by atoms with Gasteiger partial charge in [0.05, 0.1) is 15.4 Å². The summed E-state index contributed by atoms with van der Waals surface area (Å²) in [6, 6.07) is 3.67. The van der Waals surface area contributed by atoms with E-state index in [0.717, 1.165) is 17.1 Å². The number of hydrogen-bond acceptors (Lipinski definition) is 4. The van der Waals surface area contributed by atoms with Crippen LogP contribution in [0.2, 0.25) is 0 Å². The van der Waals surface area contributed by atoms with Crippen LogP contribution in [0.3, 0.4) is 0 Å². The van der Waals surface area contributed by atoms with Crippen LogP contribution >= 0.6 is 23.1 Å². The molecular formula is C13H17NO3S2. The lowest BCUT2D eigenvalue weighted by molar-refractivity contribution is -0.149. The lowest BCUT2D eigenvalue weighted by Crippen LogP contribution is -2.47. The number of aliphatic carboxylic acids is 1. The average molecular weight is 299 g/mol. The molecule has 2 N–H and O–H groups in total.